The maximum atomic E-state index is 11.7. The van der Waals surface area contributed by atoms with Crippen molar-refractivity contribution in [1.29, 1.82) is 0 Å². The molecule has 1 saturated carbocycles. The molecule has 114 valence electrons. The highest BCUT2D eigenvalue weighted by Crippen LogP contribution is 2.16. The van der Waals surface area contributed by atoms with Gasteiger partial charge in [0.15, 0.2) is 0 Å². The molecule has 0 aromatic carbocycles. The molecule has 0 unspecified atom stereocenters. The van der Waals surface area contributed by atoms with E-state index >= 15 is 0 Å². The van der Waals surface area contributed by atoms with Gasteiger partial charge in [0, 0.05) is 12.2 Å². The third-order valence-corrected chi connectivity index (χ3v) is 3.44. The Kier molecular flexibility index (Phi) is 5.93. The van der Waals surface area contributed by atoms with Gasteiger partial charge in [-0.1, -0.05) is 19.3 Å². The molecule has 1 fully saturated rings. The second kappa shape index (κ2) is 8.18. The number of carbonyl (C=O) groups excluding carboxylic acids is 2. The third-order valence-electron chi connectivity index (χ3n) is 3.44. The molecule has 21 heavy (non-hydrogen) atoms. The largest absolute Gasteiger partial charge is 0.352 e. The number of carbonyl (C=O) groups is 2. The van der Waals surface area contributed by atoms with Crippen LogP contribution in [0, 0.1) is 0 Å². The van der Waals surface area contributed by atoms with Gasteiger partial charge in [0.25, 0.3) is 0 Å². The van der Waals surface area contributed by atoms with Crippen LogP contribution >= 0.6 is 0 Å². The maximum Gasteiger partial charge on any atom is 0.315 e. The SMILES string of the molecule is O=C(CNC(=O)NCc1cccnn1)NC1CCCCC1. The minimum Gasteiger partial charge on any atom is -0.352 e. The highest BCUT2D eigenvalue weighted by Gasteiger charge is 2.15. The molecule has 0 bridgehead atoms. The fraction of sp³-hybridized carbons (Fsp3) is 0.571. The average molecular weight is 291 g/mol. The van der Waals surface area contributed by atoms with Crippen LogP contribution in [0.3, 0.4) is 0 Å². The first-order valence-electron chi connectivity index (χ1n) is 7.31. The zero-order chi connectivity index (χ0) is 14.9. The lowest BCUT2D eigenvalue weighted by Gasteiger charge is -2.22. The molecule has 0 radical (unpaired) electrons. The van der Waals surface area contributed by atoms with E-state index in [4.69, 9.17) is 0 Å². The average Bonchev–Trinajstić information content (AvgIpc) is 2.53. The molecule has 1 aromatic heterocycles. The van der Waals surface area contributed by atoms with E-state index in [1.165, 1.54) is 6.42 Å². The van der Waals surface area contributed by atoms with Crippen LogP contribution in [0.15, 0.2) is 18.3 Å². The summed E-state index contributed by atoms with van der Waals surface area (Å²) in [5.74, 6) is -0.142. The Morgan fingerprint density at radius 1 is 1.19 bits per heavy atom. The van der Waals surface area contributed by atoms with Gasteiger partial charge in [0.05, 0.1) is 18.8 Å². The molecule has 0 atom stereocenters. The predicted octanol–water partition coefficient (Wildman–Crippen LogP) is 0.725. The van der Waals surface area contributed by atoms with Crippen molar-refractivity contribution in [2.75, 3.05) is 6.54 Å². The van der Waals surface area contributed by atoms with Crippen molar-refractivity contribution >= 4 is 11.9 Å². The summed E-state index contributed by atoms with van der Waals surface area (Å²) in [6.07, 6.45) is 7.21. The van der Waals surface area contributed by atoms with Gasteiger partial charge in [-0.3, -0.25) is 4.79 Å². The Hall–Kier alpha value is -2.18. The second-order valence-corrected chi connectivity index (χ2v) is 5.15. The van der Waals surface area contributed by atoms with E-state index in [9.17, 15) is 9.59 Å². The van der Waals surface area contributed by atoms with Crippen molar-refractivity contribution in [3.63, 3.8) is 0 Å². The number of hydrogen-bond donors (Lipinski definition) is 3. The van der Waals surface area contributed by atoms with Crippen molar-refractivity contribution < 1.29 is 9.59 Å². The third kappa shape index (κ3) is 5.76. The van der Waals surface area contributed by atoms with E-state index in [1.807, 2.05) is 0 Å². The minimum atomic E-state index is -0.389. The first-order valence-corrected chi connectivity index (χ1v) is 7.31. The predicted molar refractivity (Wildman–Crippen MR) is 77.3 cm³/mol. The maximum absolute atomic E-state index is 11.7. The summed E-state index contributed by atoms with van der Waals surface area (Å²) < 4.78 is 0. The van der Waals surface area contributed by atoms with Gasteiger partial charge in [-0.2, -0.15) is 10.2 Å². The number of hydrogen-bond acceptors (Lipinski definition) is 4. The summed E-state index contributed by atoms with van der Waals surface area (Å²) in [5.41, 5.74) is 0.666. The quantitative estimate of drug-likeness (QED) is 0.745. The molecule has 1 aromatic rings. The van der Waals surface area contributed by atoms with Crippen LogP contribution in [-0.2, 0) is 11.3 Å². The van der Waals surface area contributed by atoms with Crippen LogP contribution in [0.1, 0.15) is 37.8 Å². The number of urea groups is 1. The first kappa shape index (κ1) is 15.2. The Morgan fingerprint density at radius 2 is 2.00 bits per heavy atom. The van der Waals surface area contributed by atoms with Crippen LogP contribution < -0.4 is 16.0 Å². The van der Waals surface area contributed by atoms with Gasteiger partial charge in [-0.25, -0.2) is 4.79 Å². The molecule has 3 N–H and O–H groups in total. The van der Waals surface area contributed by atoms with Crippen molar-refractivity contribution in [2.24, 2.45) is 0 Å². The first-order chi connectivity index (χ1) is 10.2. The molecule has 2 rings (SSSR count). The van der Waals surface area contributed by atoms with Crippen molar-refractivity contribution in [2.45, 2.75) is 44.7 Å². The summed E-state index contributed by atoms with van der Waals surface area (Å²) in [7, 11) is 0. The highest BCUT2D eigenvalue weighted by molar-refractivity contribution is 5.84. The highest BCUT2D eigenvalue weighted by atomic mass is 16.2. The lowest BCUT2D eigenvalue weighted by molar-refractivity contribution is -0.121. The lowest BCUT2D eigenvalue weighted by Crippen LogP contribution is -2.45. The number of amides is 3. The van der Waals surface area contributed by atoms with Gasteiger partial charge in [0.2, 0.25) is 5.91 Å². The van der Waals surface area contributed by atoms with E-state index in [-0.39, 0.29) is 31.1 Å². The molecule has 7 nitrogen and oxygen atoms in total. The molecule has 0 saturated heterocycles. The molecule has 1 aliphatic rings. The molecule has 0 spiro atoms. The molecule has 1 heterocycles. The van der Waals surface area contributed by atoms with Crippen molar-refractivity contribution in [3.05, 3.63) is 24.0 Å². The van der Waals surface area contributed by atoms with Gasteiger partial charge in [0.1, 0.15) is 0 Å². The number of rotatable bonds is 5. The number of nitrogens with one attached hydrogen (secondary N) is 3. The molecule has 7 heteroatoms. The van der Waals surface area contributed by atoms with Gasteiger partial charge in [-0.15, -0.1) is 0 Å². The Bertz CT molecular complexity index is 460. The van der Waals surface area contributed by atoms with Gasteiger partial charge < -0.3 is 16.0 Å². The molecular weight excluding hydrogens is 270 g/mol. The number of nitrogens with zero attached hydrogens (tertiary/aromatic N) is 2. The van der Waals surface area contributed by atoms with E-state index in [0.29, 0.717) is 5.69 Å². The smallest absolute Gasteiger partial charge is 0.315 e. The van der Waals surface area contributed by atoms with Crippen molar-refractivity contribution in [3.8, 4) is 0 Å². The van der Waals surface area contributed by atoms with Gasteiger partial charge in [-0.05, 0) is 25.0 Å². The molecular formula is C14H21N5O2. The fourth-order valence-corrected chi connectivity index (χ4v) is 2.35. The lowest BCUT2D eigenvalue weighted by atomic mass is 9.95. The van der Waals surface area contributed by atoms with E-state index in [0.717, 1.165) is 25.7 Å². The Morgan fingerprint density at radius 3 is 2.71 bits per heavy atom. The van der Waals surface area contributed by atoms with E-state index < -0.39 is 0 Å². The number of aromatic nitrogens is 2. The summed E-state index contributed by atoms with van der Waals surface area (Å²) in [5, 5.41) is 15.7. The van der Waals surface area contributed by atoms with E-state index in [1.54, 1.807) is 18.3 Å². The Balaban J connectivity index is 1.60. The topological polar surface area (TPSA) is 96.0 Å². The zero-order valence-corrected chi connectivity index (χ0v) is 12.0. The van der Waals surface area contributed by atoms with E-state index in [2.05, 4.69) is 26.1 Å². The zero-order valence-electron chi connectivity index (χ0n) is 12.0. The van der Waals surface area contributed by atoms with Crippen LogP contribution in [0.25, 0.3) is 0 Å². The summed E-state index contributed by atoms with van der Waals surface area (Å²) >= 11 is 0. The van der Waals surface area contributed by atoms with Crippen LogP contribution in [0.2, 0.25) is 0 Å². The van der Waals surface area contributed by atoms with Gasteiger partial charge >= 0.3 is 6.03 Å². The summed E-state index contributed by atoms with van der Waals surface area (Å²) in [6.45, 7) is 0.271. The summed E-state index contributed by atoms with van der Waals surface area (Å²) in [6, 6.07) is 3.39. The molecule has 1 aliphatic carbocycles. The summed E-state index contributed by atoms with van der Waals surface area (Å²) in [4.78, 5) is 23.3. The monoisotopic (exact) mass is 291 g/mol. The Labute approximate surface area is 123 Å². The standard InChI is InChI=1S/C14H21N5O2/c20-13(18-11-5-2-1-3-6-11)10-16-14(21)15-9-12-7-4-8-17-19-12/h4,7-8,11H,1-3,5-6,9-10H2,(H,18,20)(H2,15,16,21). The van der Waals surface area contributed by atoms with Crippen molar-refractivity contribution in [1.82, 2.24) is 26.1 Å². The minimum absolute atomic E-state index is 0.0111. The van der Waals surface area contributed by atoms with Crippen LogP contribution in [0.4, 0.5) is 4.79 Å². The van der Waals surface area contributed by atoms with Crippen LogP contribution in [0.5, 0.6) is 0 Å². The fourth-order valence-electron chi connectivity index (χ4n) is 2.35. The molecule has 3 amide bonds. The molecule has 0 aliphatic heterocycles. The second-order valence-electron chi connectivity index (χ2n) is 5.15. The van der Waals surface area contributed by atoms with Crippen LogP contribution in [-0.4, -0.2) is 34.7 Å². The normalized spacial score (nSPS) is 15.2.